The Morgan fingerprint density at radius 3 is 2.65 bits per heavy atom. The zero-order valence-electron chi connectivity index (χ0n) is 10.1. The molecule has 0 radical (unpaired) electrons. The summed E-state index contributed by atoms with van der Waals surface area (Å²) in [5.74, 6) is 0.874. The quantitative estimate of drug-likeness (QED) is 0.838. The van der Waals surface area contributed by atoms with Crippen LogP contribution >= 0.6 is 0 Å². The number of hydrogen-bond acceptors (Lipinski definition) is 4. The highest BCUT2D eigenvalue weighted by Crippen LogP contribution is 2.22. The molecule has 0 aromatic carbocycles. The molecule has 0 unspecified atom stereocenters. The van der Waals surface area contributed by atoms with Crippen LogP contribution in [0.25, 0.3) is 0 Å². The van der Waals surface area contributed by atoms with E-state index in [1.807, 2.05) is 26.1 Å². The van der Waals surface area contributed by atoms with Gasteiger partial charge in [0.1, 0.15) is 5.82 Å². The smallest absolute Gasteiger partial charge is 0.148 e. The van der Waals surface area contributed by atoms with E-state index in [2.05, 4.69) is 15.4 Å². The molecule has 5 heteroatoms. The fourth-order valence-corrected chi connectivity index (χ4v) is 1.75. The molecule has 0 atom stereocenters. The Labute approximate surface area is 101 Å². The third kappa shape index (κ3) is 2.38. The number of hydrogen-bond donors (Lipinski definition) is 2. The molecule has 0 amide bonds. The first-order chi connectivity index (χ1) is 8.22. The molecule has 90 valence electrons. The Kier molecular flexibility index (Phi) is 3.27. The summed E-state index contributed by atoms with van der Waals surface area (Å²) in [4.78, 5) is 3.98. The van der Waals surface area contributed by atoms with Crippen molar-refractivity contribution in [1.29, 1.82) is 0 Å². The Balaban J connectivity index is 2.12. The molecule has 0 bridgehead atoms. The molecule has 0 saturated heterocycles. The van der Waals surface area contributed by atoms with Crippen LogP contribution in [0.15, 0.2) is 24.5 Å². The zero-order valence-corrected chi connectivity index (χ0v) is 10.1. The number of pyridine rings is 1. The lowest BCUT2D eigenvalue weighted by molar-refractivity contribution is 0.747. The van der Waals surface area contributed by atoms with E-state index in [0.29, 0.717) is 0 Å². The predicted molar refractivity (Wildman–Crippen MR) is 68.6 cm³/mol. The lowest BCUT2D eigenvalue weighted by Gasteiger charge is -2.07. The molecule has 0 spiro atoms. The van der Waals surface area contributed by atoms with E-state index in [1.165, 1.54) is 5.56 Å². The maximum Gasteiger partial charge on any atom is 0.148 e. The van der Waals surface area contributed by atoms with Crippen LogP contribution in [-0.2, 0) is 20.0 Å². The second kappa shape index (κ2) is 4.86. The summed E-state index contributed by atoms with van der Waals surface area (Å²) in [6.45, 7) is 2.76. The van der Waals surface area contributed by atoms with Crippen LogP contribution < -0.4 is 11.1 Å². The molecule has 0 fully saturated rings. The predicted octanol–water partition coefficient (Wildman–Crippen LogP) is 1.57. The first-order valence-corrected chi connectivity index (χ1v) is 5.66. The van der Waals surface area contributed by atoms with Gasteiger partial charge in [0.2, 0.25) is 0 Å². The fraction of sp³-hybridized carbons (Fsp3) is 0.333. The maximum absolute atomic E-state index is 6.02. The SMILES string of the molecule is CCc1nn(C)c(NCc2ccncc2)c1N. The summed E-state index contributed by atoms with van der Waals surface area (Å²) in [7, 11) is 1.89. The largest absolute Gasteiger partial charge is 0.394 e. The summed E-state index contributed by atoms with van der Waals surface area (Å²) in [6.07, 6.45) is 4.40. The summed E-state index contributed by atoms with van der Waals surface area (Å²) in [5, 5.41) is 7.66. The van der Waals surface area contributed by atoms with Crippen LogP contribution in [0, 0.1) is 0 Å². The van der Waals surface area contributed by atoms with Crippen LogP contribution in [-0.4, -0.2) is 14.8 Å². The van der Waals surface area contributed by atoms with E-state index in [0.717, 1.165) is 30.2 Å². The van der Waals surface area contributed by atoms with E-state index in [4.69, 9.17) is 5.73 Å². The second-order valence-electron chi connectivity index (χ2n) is 3.90. The number of anilines is 2. The number of aromatic nitrogens is 3. The summed E-state index contributed by atoms with van der Waals surface area (Å²) in [5.41, 5.74) is 8.86. The van der Waals surface area contributed by atoms with Crippen molar-refractivity contribution < 1.29 is 0 Å². The van der Waals surface area contributed by atoms with E-state index < -0.39 is 0 Å². The highest BCUT2D eigenvalue weighted by atomic mass is 15.3. The summed E-state index contributed by atoms with van der Waals surface area (Å²) in [6, 6.07) is 3.95. The molecular formula is C12H17N5. The van der Waals surface area contributed by atoms with Crippen molar-refractivity contribution in [2.24, 2.45) is 7.05 Å². The van der Waals surface area contributed by atoms with Gasteiger partial charge in [0.15, 0.2) is 0 Å². The van der Waals surface area contributed by atoms with Crippen LogP contribution in [0.4, 0.5) is 11.5 Å². The molecule has 0 aliphatic heterocycles. The number of nitrogens with zero attached hydrogens (tertiary/aromatic N) is 3. The molecule has 5 nitrogen and oxygen atoms in total. The highest BCUT2D eigenvalue weighted by molar-refractivity contribution is 5.65. The van der Waals surface area contributed by atoms with Gasteiger partial charge in [-0.15, -0.1) is 0 Å². The third-order valence-corrected chi connectivity index (χ3v) is 2.70. The Morgan fingerprint density at radius 2 is 2.06 bits per heavy atom. The van der Waals surface area contributed by atoms with Gasteiger partial charge < -0.3 is 11.1 Å². The van der Waals surface area contributed by atoms with E-state index in [9.17, 15) is 0 Å². The monoisotopic (exact) mass is 231 g/mol. The highest BCUT2D eigenvalue weighted by Gasteiger charge is 2.10. The van der Waals surface area contributed by atoms with Crippen molar-refractivity contribution in [2.75, 3.05) is 11.1 Å². The van der Waals surface area contributed by atoms with Gasteiger partial charge in [-0.05, 0) is 24.1 Å². The average molecular weight is 231 g/mol. The molecular weight excluding hydrogens is 214 g/mol. The minimum atomic E-state index is 0.718. The summed E-state index contributed by atoms with van der Waals surface area (Å²) >= 11 is 0. The lowest BCUT2D eigenvalue weighted by atomic mass is 10.2. The topological polar surface area (TPSA) is 68.8 Å². The second-order valence-corrected chi connectivity index (χ2v) is 3.90. The number of rotatable bonds is 4. The molecule has 17 heavy (non-hydrogen) atoms. The minimum Gasteiger partial charge on any atom is -0.394 e. The van der Waals surface area contributed by atoms with E-state index in [-0.39, 0.29) is 0 Å². The number of nitrogens with one attached hydrogen (secondary N) is 1. The zero-order chi connectivity index (χ0) is 12.3. The Morgan fingerprint density at radius 1 is 1.35 bits per heavy atom. The first kappa shape index (κ1) is 11.4. The van der Waals surface area contributed by atoms with Crippen molar-refractivity contribution in [2.45, 2.75) is 19.9 Å². The normalized spacial score (nSPS) is 10.5. The van der Waals surface area contributed by atoms with Gasteiger partial charge in [0.25, 0.3) is 0 Å². The Bertz CT molecular complexity index is 489. The van der Waals surface area contributed by atoms with Gasteiger partial charge in [-0.2, -0.15) is 5.10 Å². The van der Waals surface area contributed by atoms with E-state index >= 15 is 0 Å². The molecule has 2 heterocycles. The number of nitrogens with two attached hydrogens (primary N) is 1. The van der Waals surface area contributed by atoms with Gasteiger partial charge in [0.05, 0.1) is 11.4 Å². The molecule has 0 saturated carbocycles. The number of aryl methyl sites for hydroxylation is 2. The molecule has 3 N–H and O–H groups in total. The molecule has 2 aromatic rings. The van der Waals surface area contributed by atoms with Gasteiger partial charge in [0, 0.05) is 26.0 Å². The number of nitrogen functional groups attached to an aromatic ring is 1. The fourth-order valence-electron chi connectivity index (χ4n) is 1.75. The van der Waals surface area contributed by atoms with Crippen molar-refractivity contribution in [3.63, 3.8) is 0 Å². The molecule has 0 aliphatic rings. The lowest BCUT2D eigenvalue weighted by Crippen LogP contribution is -2.06. The van der Waals surface area contributed by atoms with Gasteiger partial charge >= 0.3 is 0 Å². The first-order valence-electron chi connectivity index (χ1n) is 5.66. The van der Waals surface area contributed by atoms with Gasteiger partial charge in [-0.3, -0.25) is 9.67 Å². The van der Waals surface area contributed by atoms with Crippen molar-refractivity contribution in [1.82, 2.24) is 14.8 Å². The van der Waals surface area contributed by atoms with Crippen LogP contribution in [0.3, 0.4) is 0 Å². The van der Waals surface area contributed by atoms with Crippen LogP contribution in [0.5, 0.6) is 0 Å². The Hall–Kier alpha value is -2.04. The minimum absolute atomic E-state index is 0.718. The van der Waals surface area contributed by atoms with Crippen molar-refractivity contribution >= 4 is 11.5 Å². The van der Waals surface area contributed by atoms with Crippen LogP contribution in [0.2, 0.25) is 0 Å². The van der Waals surface area contributed by atoms with Crippen molar-refractivity contribution in [3.8, 4) is 0 Å². The average Bonchev–Trinajstić information content (AvgIpc) is 2.63. The molecule has 0 aliphatic carbocycles. The van der Waals surface area contributed by atoms with Crippen LogP contribution in [0.1, 0.15) is 18.2 Å². The van der Waals surface area contributed by atoms with Crippen molar-refractivity contribution in [3.05, 3.63) is 35.8 Å². The summed E-state index contributed by atoms with van der Waals surface area (Å²) < 4.78 is 1.79. The third-order valence-electron chi connectivity index (χ3n) is 2.70. The van der Waals surface area contributed by atoms with E-state index in [1.54, 1.807) is 17.1 Å². The van der Waals surface area contributed by atoms with Gasteiger partial charge in [-0.25, -0.2) is 0 Å². The standard InChI is InChI=1S/C12H17N5/c1-3-10-11(13)12(17(2)16-10)15-8-9-4-6-14-7-5-9/h4-7,15H,3,8,13H2,1-2H3. The molecule has 2 rings (SSSR count). The maximum atomic E-state index is 6.02. The van der Waals surface area contributed by atoms with Gasteiger partial charge in [-0.1, -0.05) is 6.92 Å². The molecule has 2 aromatic heterocycles.